The third-order valence-corrected chi connectivity index (χ3v) is 5.55. The molecule has 0 saturated carbocycles. The second-order valence-electron chi connectivity index (χ2n) is 5.79. The van der Waals surface area contributed by atoms with Gasteiger partial charge in [0, 0.05) is 30.5 Å². The van der Waals surface area contributed by atoms with Crippen molar-refractivity contribution in [3.8, 4) is 5.75 Å². The minimum atomic E-state index is 0.0887. The maximum absolute atomic E-state index is 12.5. The number of halogens is 1. The van der Waals surface area contributed by atoms with Gasteiger partial charge in [-0.2, -0.15) is 0 Å². The third-order valence-electron chi connectivity index (χ3n) is 4.36. The number of amides is 1. The third kappa shape index (κ3) is 3.09. The van der Waals surface area contributed by atoms with E-state index in [-0.39, 0.29) is 11.3 Å². The Hall–Kier alpha value is -1.07. The highest BCUT2D eigenvalue weighted by molar-refractivity contribution is 9.09. The average Bonchev–Trinajstić information content (AvgIpc) is 2.68. The number of hydrogen-bond donors (Lipinski definition) is 0. The summed E-state index contributed by atoms with van der Waals surface area (Å²) >= 11 is 3.65. The van der Waals surface area contributed by atoms with Gasteiger partial charge >= 0.3 is 0 Å². The number of rotatable bonds is 3. The van der Waals surface area contributed by atoms with Crippen LogP contribution < -0.4 is 9.64 Å². The van der Waals surface area contributed by atoms with E-state index in [9.17, 15) is 4.79 Å². The van der Waals surface area contributed by atoms with E-state index in [4.69, 9.17) is 9.47 Å². The number of anilines is 1. The fraction of sp³-hybridized carbons (Fsp3) is 0.562. The minimum Gasteiger partial charge on any atom is -0.491 e. The average molecular weight is 354 g/mol. The molecule has 4 nitrogen and oxygen atoms in total. The van der Waals surface area contributed by atoms with E-state index >= 15 is 0 Å². The molecule has 1 aromatic rings. The molecule has 2 heterocycles. The summed E-state index contributed by atoms with van der Waals surface area (Å²) in [6.45, 7) is 2.72. The van der Waals surface area contributed by atoms with Gasteiger partial charge in [-0.25, -0.2) is 0 Å². The van der Waals surface area contributed by atoms with Crippen LogP contribution in [0.5, 0.6) is 5.75 Å². The molecule has 0 radical (unpaired) electrons. The van der Waals surface area contributed by atoms with Crippen LogP contribution in [0.4, 0.5) is 5.69 Å². The van der Waals surface area contributed by atoms with Crippen molar-refractivity contribution in [2.24, 2.45) is 5.41 Å². The second-order valence-corrected chi connectivity index (χ2v) is 6.35. The van der Waals surface area contributed by atoms with Gasteiger partial charge in [0.2, 0.25) is 5.91 Å². The molecular formula is C16H20BrNO3. The predicted octanol–water partition coefficient (Wildman–Crippen LogP) is 2.99. The Bertz CT molecular complexity index is 514. The Kier molecular flexibility index (Phi) is 4.50. The SMILES string of the molecule is O=C1CCOc2ccccc2N1CC1(CBr)CCOCC1. The molecule has 2 aliphatic rings. The second kappa shape index (κ2) is 6.36. The zero-order chi connectivity index (χ0) is 14.7. The molecule has 5 heteroatoms. The van der Waals surface area contributed by atoms with Crippen molar-refractivity contribution in [3.05, 3.63) is 24.3 Å². The van der Waals surface area contributed by atoms with E-state index in [1.165, 1.54) is 0 Å². The summed E-state index contributed by atoms with van der Waals surface area (Å²) in [5.41, 5.74) is 0.984. The van der Waals surface area contributed by atoms with Crippen molar-refractivity contribution in [1.29, 1.82) is 0 Å². The molecule has 3 rings (SSSR count). The van der Waals surface area contributed by atoms with Crippen LogP contribution in [0.2, 0.25) is 0 Å². The van der Waals surface area contributed by atoms with Crippen LogP contribution in [0.25, 0.3) is 0 Å². The fourth-order valence-corrected chi connectivity index (χ4v) is 3.71. The standard InChI is InChI=1S/C16H20BrNO3/c17-11-16(6-9-20-10-7-16)12-18-13-3-1-2-4-14(13)21-8-5-15(18)19/h1-4H,5-12H2. The van der Waals surface area contributed by atoms with Gasteiger partial charge in [-0.1, -0.05) is 28.1 Å². The Balaban J connectivity index is 1.90. The van der Waals surface area contributed by atoms with Gasteiger partial charge in [0.25, 0.3) is 0 Å². The van der Waals surface area contributed by atoms with Gasteiger partial charge in [0.1, 0.15) is 5.75 Å². The Morgan fingerprint density at radius 1 is 1.19 bits per heavy atom. The minimum absolute atomic E-state index is 0.0887. The molecule has 0 atom stereocenters. The lowest BCUT2D eigenvalue weighted by molar-refractivity contribution is -0.119. The van der Waals surface area contributed by atoms with Crippen LogP contribution in [0, 0.1) is 5.41 Å². The van der Waals surface area contributed by atoms with Gasteiger partial charge in [-0.3, -0.25) is 4.79 Å². The first-order chi connectivity index (χ1) is 10.2. The van der Waals surface area contributed by atoms with E-state index in [1.54, 1.807) is 0 Å². The maximum Gasteiger partial charge on any atom is 0.230 e. The summed E-state index contributed by atoms with van der Waals surface area (Å²) in [7, 11) is 0. The molecule has 0 spiro atoms. The highest BCUT2D eigenvalue weighted by atomic mass is 79.9. The van der Waals surface area contributed by atoms with Crippen LogP contribution in [0.3, 0.4) is 0 Å². The molecular weight excluding hydrogens is 334 g/mol. The van der Waals surface area contributed by atoms with E-state index in [0.717, 1.165) is 49.4 Å². The van der Waals surface area contributed by atoms with Gasteiger partial charge < -0.3 is 14.4 Å². The summed E-state index contributed by atoms with van der Waals surface area (Å²) in [4.78, 5) is 14.4. The molecule has 114 valence electrons. The molecule has 1 fully saturated rings. The lowest BCUT2D eigenvalue weighted by Crippen LogP contribution is -2.45. The summed E-state index contributed by atoms with van der Waals surface area (Å²) in [5, 5.41) is 0.885. The molecule has 0 unspecified atom stereocenters. The number of benzene rings is 1. The number of para-hydroxylation sites is 2. The quantitative estimate of drug-likeness (QED) is 0.784. The smallest absolute Gasteiger partial charge is 0.230 e. The topological polar surface area (TPSA) is 38.8 Å². The van der Waals surface area contributed by atoms with Crippen molar-refractivity contribution in [2.75, 3.05) is 36.6 Å². The normalized spacial score (nSPS) is 21.4. The molecule has 0 aromatic heterocycles. The van der Waals surface area contributed by atoms with Crippen molar-refractivity contribution in [2.45, 2.75) is 19.3 Å². The number of fused-ring (bicyclic) bond motifs is 1. The van der Waals surface area contributed by atoms with Crippen LogP contribution >= 0.6 is 15.9 Å². The zero-order valence-electron chi connectivity index (χ0n) is 12.0. The summed E-state index contributed by atoms with van der Waals surface area (Å²) in [6, 6.07) is 7.81. The van der Waals surface area contributed by atoms with E-state index in [0.29, 0.717) is 13.0 Å². The number of carbonyl (C=O) groups excluding carboxylic acids is 1. The molecule has 21 heavy (non-hydrogen) atoms. The first-order valence-electron chi connectivity index (χ1n) is 7.40. The van der Waals surface area contributed by atoms with Crippen LogP contribution in [0.1, 0.15) is 19.3 Å². The largest absolute Gasteiger partial charge is 0.491 e. The lowest BCUT2D eigenvalue weighted by atomic mass is 9.81. The number of alkyl halides is 1. The van der Waals surface area contributed by atoms with Crippen molar-refractivity contribution < 1.29 is 14.3 Å². The molecule has 1 amide bonds. The summed E-state index contributed by atoms with van der Waals surface area (Å²) in [5.74, 6) is 0.951. The zero-order valence-corrected chi connectivity index (χ0v) is 13.6. The molecule has 1 aromatic carbocycles. The number of carbonyl (C=O) groups is 1. The first kappa shape index (κ1) is 14.9. The number of ether oxygens (including phenoxy) is 2. The van der Waals surface area contributed by atoms with Crippen molar-refractivity contribution >= 4 is 27.5 Å². The van der Waals surface area contributed by atoms with E-state index < -0.39 is 0 Å². The monoisotopic (exact) mass is 353 g/mol. The highest BCUT2D eigenvalue weighted by Gasteiger charge is 2.36. The van der Waals surface area contributed by atoms with Crippen molar-refractivity contribution in [1.82, 2.24) is 0 Å². The molecule has 0 N–H and O–H groups in total. The van der Waals surface area contributed by atoms with E-state index in [2.05, 4.69) is 15.9 Å². The van der Waals surface area contributed by atoms with Gasteiger partial charge in [0.05, 0.1) is 18.7 Å². The molecule has 0 aliphatic carbocycles. The van der Waals surface area contributed by atoms with Crippen LogP contribution in [0.15, 0.2) is 24.3 Å². The first-order valence-corrected chi connectivity index (χ1v) is 8.52. The Morgan fingerprint density at radius 2 is 1.95 bits per heavy atom. The van der Waals surface area contributed by atoms with Crippen LogP contribution in [-0.2, 0) is 9.53 Å². The van der Waals surface area contributed by atoms with Crippen LogP contribution in [-0.4, -0.2) is 37.6 Å². The molecule has 1 saturated heterocycles. The van der Waals surface area contributed by atoms with Gasteiger partial charge in [0.15, 0.2) is 0 Å². The number of nitrogens with zero attached hydrogens (tertiary/aromatic N) is 1. The summed E-state index contributed by atoms with van der Waals surface area (Å²) < 4.78 is 11.2. The maximum atomic E-state index is 12.5. The number of hydrogen-bond acceptors (Lipinski definition) is 3. The fourth-order valence-electron chi connectivity index (χ4n) is 2.97. The summed E-state index contributed by atoms with van der Waals surface area (Å²) in [6.07, 6.45) is 2.39. The lowest BCUT2D eigenvalue weighted by Gasteiger charge is -2.39. The van der Waals surface area contributed by atoms with E-state index in [1.807, 2.05) is 29.2 Å². The van der Waals surface area contributed by atoms with Gasteiger partial charge in [-0.15, -0.1) is 0 Å². The van der Waals surface area contributed by atoms with Gasteiger partial charge in [-0.05, 0) is 25.0 Å². The molecule has 0 bridgehead atoms. The van der Waals surface area contributed by atoms with Crippen molar-refractivity contribution in [3.63, 3.8) is 0 Å². The predicted molar refractivity (Wildman–Crippen MR) is 85.2 cm³/mol. The Morgan fingerprint density at radius 3 is 2.71 bits per heavy atom. The highest BCUT2D eigenvalue weighted by Crippen LogP contribution is 2.38. The Labute approximate surface area is 133 Å². The molecule has 2 aliphatic heterocycles.